The molecule has 0 saturated carbocycles. The standard InChI is InChI=1S/C21H34N2O2S/c1-2-18(17-24)7-12-23-13-8-20-19(16-23)15-21(26-20)25-14-6-11-22-9-4-3-5-10-22/h15,17-18H,2-14,16H2,1H3. The molecule has 1 aromatic heterocycles. The SMILES string of the molecule is CCC(C=O)CCN1CCc2sc(OCCCN3CCCCC3)cc2C1. The molecule has 1 atom stereocenters. The van der Waals surface area contributed by atoms with Gasteiger partial charge in [-0.3, -0.25) is 4.90 Å². The summed E-state index contributed by atoms with van der Waals surface area (Å²) in [5, 5.41) is 1.09. The molecule has 1 aromatic rings. The largest absolute Gasteiger partial charge is 0.484 e. The highest BCUT2D eigenvalue weighted by Crippen LogP contribution is 2.33. The summed E-state index contributed by atoms with van der Waals surface area (Å²) in [5.41, 5.74) is 1.44. The second-order valence-electron chi connectivity index (χ2n) is 7.74. The molecule has 2 aliphatic rings. The Balaban J connectivity index is 1.38. The van der Waals surface area contributed by atoms with Crippen LogP contribution in [0.3, 0.4) is 0 Å². The van der Waals surface area contributed by atoms with Crippen molar-refractivity contribution in [2.24, 2.45) is 5.92 Å². The van der Waals surface area contributed by atoms with Gasteiger partial charge in [-0.25, -0.2) is 0 Å². The number of likely N-dealkylation sites (tertiary alicyclic amines) is 1. The number of nitrogens with zero attached hydrogens (tertiary/aromatic N) is 2. The summed E-state index contributed by atoms with van der Waals surface area (Å²) in [6.07, 6.45) is 9.43. The van der Waals surface area contributed by atoms with E-state index in [1.807, 2.05) is 11.3 Å². The lowest BCUT2D eigenvalue weighted by molar-refractivity contribution is -0.111. The zero-order valence-electron chi connectivity index (χ0n) is 16.3. The molecule has 0 spiro atoms. The molecule has 3 rings (SSSR count). The number of rotatable bonds is 10. The second kappa shape index (κ2) is 10.4. The molecule has 0 aromatic carbocycles. The molecule has 0 bridgehead atoms. The first kappa shape index (κ1) is 19.8. The van der Waals surface area contributed by atoms with E-state index in [0.29, 0.717) is 0 Å². The third-order valence-electron chi connectivity index (χ3n) is 5.77. The Morgan fingerprint density at radius 2 is 2.04 bits per heavy atom. The minimum absolute atomic E-state index is 0.220. The topological polar surface area (TPSA) is 32.8 Å². The predicted molar refractivity (Wildman–Crippen MR) is 108 cm³/mol. The van der Waals surface area contributed by atoms with Crippen molar-refractivity contribution in [3.05, 3.63) is 16.5 Å². The Bertz CT molecular complexity index is 554. The fraction of sp³-hybridized carbons (Fsp3) is 0.762. The maximum absolute atomic E-state index is 11.0. The highest BCUT2D eigenvalue weighted by molar-refractivity contribution is 7.14. The van der Waals surface area contributed by atoms with Gasteiger partial charge in [0.1, 0.15) is 6.29 Å². The van der Waals surface area contributed by atoms with Crippen molar-refractivity contribution in [2.45, 2.75) is 58.4 Å². The van der Waals surface area contributed by atoms with E-state index in [1.165, 1.54) is 49.3 Å². The number of hydrogen-bond donors (Lipinski definition) is 0. The van der Waals surface area contributed by atoms with Crippen LogP contribution in [0.4, 0.5) is 0 Å². The van der Waals surface area contributed by atoms with Crippen molar-refractivity contribution in [2.75, 3.05) is 39.3 Å². The van der Waals surface area contributed by atoms with Crippen LogP contribution in [0.2, 0.25) is 0 Å². The molecule has 146 valence electrons. The molecule has 1 saturated heterocycles. The van der Waals surface area contributed by atoms with Gasteiger partial charge in [-0.2, -0.15) is 0 Å². The van der Waals surface area contributed by atoms with Gasteiger partial charge < -0.3 is 14.4 Å². The molecule has 4 nitrogen and oxygen atoms in total. The number of piperidine rings is 1. The van der Waals surface area contributed by atoms with E-state index in [2.05, 4.69) is 22.8 Å². The van der Waals surface area contributed by atoms with Crippen molar-refractivity contribution in [3.63, 3.8) is 0 Å². The molecule has 1 unspecified atom stereocenters. The van der Waals surface area contributed by atoms with Gasteiger partial charge >= 0.3 is 0 Å². The third kappa shape index (κ3) is 5.80. The number of thiophene rings is 1. The fourth-order valence-corrected chi connectivity index (χ4v) is 5.02. The van der Waals surface area contributed by atoms with Crippen molar-refractivity contribution in [1.82, 2.24) is 9.80 Å². The third-order valence-corrected chi connectivity index (χ3v) is 6.92. The van der Waals surface area contributed by atoms with Crippen LogP contribution in [0.15, 0.2) is 6.07 Å². The summed E-state index contributed by atoms with van der Waals surface area (Å²) in [5.74, 6) is 0.220. The molecule has 0 N–H and O–H groups in total. The minimum atomic E-state index is 0.220. The van der Waals surface area contributed by atoms with Gasteiger partial charge in [0.2, 0.25) is 0 Å². The van der Waals surface area contributed by atoms with E-state index in [1.54, 1.807) is 0 Å². The molecule has 1 fully saturated rings. The maximum atomic E-state index is 11.0. The molecule has 2 aliphatic heterocycles. The van der Waals surface area contributed by atoms with Crippen molar-refractivity contribution in [1.29, 1.82) is 0 Å². The lowest BCUT2D eigenvalue weighted by Gasteiger charge is -2.27. The summed E-state index contributed by atoms with van der Waals surface area (Å²) >= 11 is 1.84. The zero-order chi connectivity index (χ0) is 18.2. The van der Waals surface area contributed by atoms with Crippen molar-refractivity contribution in [3.8, 4) is 5.06 Å². The maximum Gasteiger partial charge on any atom is 0.174 e. The molecular weight excluding hydrogens is 344 g/mol. The summed E-state index contributed by atoms with van der Waals surface area (Å²) < 4.78 is 6.05. The van der Waals surface area contributed by atoms with E-state index in [4.69, 9.17) is 4.74 Å². The Morgan fingerprint density at radius 1 is 1.19 bits per heavy atom. The van der Waals surface area contributed by atoms with Gasteiger partial charge in [0.05, 0.1) is 6.61 Å². The smallest absolute Gasteiger partial charge is 0.174 e. The van der Waals surface area contributed by atoms with Gasteiger partial charge in [-0.15, -0.1) is 11.3 Å². The first-order valence-electron chi connectivity index (χ1n) is 10.4. The van der Waals surface area contributed by atoms with Crippen LogP contribution in [0, 0.1) is 5.92 Å². The van der Waals surface area contributed by atoms with E-state index < -0.39 is 0 Å². The van der Waals surface area contributed by atoms with Crippen LogP contribution < -0.4 is 4.74 Å². The van der Waals surface area contributed by atoms with E-state index in [-0.39, 0.29) is 5.92 Å². The summed E-state index contributed by atoms with van der Waals surface area (Å²) in [7, 11) is 0. The first-order chi connectivity index (χ1) is 12.8. The van der Waals surface area contributed by atoms with Crippen LogP contribution in [0.5, 0.6) is 5.06 Å². The second-order valence-corrected chi connectivity index (χ2v) is 8.84. The lowest BCUT2D eigenvalue weighted by Crippen LogP contribution is -2.31. The molecule has 26 heavy (non-hydrogen) atoms. The Labute approximate surface area is 162 Å². The van der Waals surface area contributed by atoms with Crippen molar-refractivity contribution < 1.29 is 9.53 Å². The van der Waals surface area contributed by atoms with E-state index in [0.717, 1.165) is 63.3 Å². The molecule has 0 amide bonds. The summed E-state index contributed by atoms with van der Waals surface area (Å²) in [6, 6.07) is 2.25. The Morgan fingerprint density at radius 3 is 2.81 bits per heavy atom. The van der Waals surface area contributed by atoms with Crippen LogP contribution in [-0.2, 0) is 17.8 Å². The highest BCUT2D eigenvalue weighted by Gasteiger charge is 2.20. The first-order valence-corrected chi connectivity index (χ1v) is 11.2. The quantitative estimate of drug-likeness (QED) is 0.455. The minimum Gasteiger partial charge on any atom is -0.484 e. The number of carbonyl (C=O) groups is 1. The van der Waals surface area contributed by atoms with E-state index >= 15 is 0 Å². The van der Waals surface area contributed by atoms with Crippen molar-refractivity contribution >= 4 is 17.6 Å². The van der Waals surface area contributed by atoms with Gasteiger partial charge in [0.15, 0.2) is 5.06 Å². The highest BCUT2D eigenvalue weighted by atomic mass is 32.1. The predicted octanol–water partition coefficient (Wildman–Crippen LogP) is 3.98. The average molecular weight is 379 g/mol. The number of hydrogen-bond acceptors (Lipinski definition) is 5. The van der Waals surface area contributed by atoms with Gasteiger partial charge in [-0.05, 0) is 69.8 Å². The Kier molecular flexibility index (Phi) is 7.96. The number of aldehydes is 1. The summed E-state index contributed by atoms with van der Waals surface area (Å²) in [4.78, 5) is 17.6. The van der Waals surface area contributed by atoms with E-state index in [9.17, 15) is 4.79 Å². The van der Waals surface area contributed by atoms with Crippen LogP contribution in [-0.4, -0.2) is 55.4 Å². The molecule has 3 heterocycles. The molecule has 0 radical (unpaired) electrons. The number of fused-ring (bicyclic) bond motifs is 1. The zero-order valence-corrected chi connectivity index (χ0v) is 17.1. The monoisotopic (exact) mass is 378 g/mol. The average Bonchev–Trinajstić information content (AvgIpc) is 3.09. The van der Waals surface area contributed by atoms with Crippen LogP contribution >= 0.6 is 11.3 Å². The lowest BCUT2D eigenvalue weighted by atomic mass is 10.0. The van der Waals surface area contributed by atoms with Gasteiger partial charge in [0, 0.05) is 30.4 Å². The van der Waals surface area contributed by atoms with Crippen LogP contribution in [0.1, 0.15) is 55.9 Å². The number of ether oxygens (including phenoxy) is 1. The van der Waals surface area contributed by atoms with Gasteiger partial charge in [0.25, 0.3) is 0 Å². The Hall–Kier alpha value is -0.910. The van der Waals surface area contributed by atoms with Crippen LogP contribution in [0.25, 0.3) is 0 Å². The normalized spacial score (nSPS) is 19.9. The van der Waals surface area contributed by atoms with Gasteiger partial charge in [-0.1, -0.05) is 13.3 Å². The molecule has 5 heteroatoms. The fourth-order valence-electron chi connectivity index (χ4n) is 3.99. The molecular formula is C21H34N2O2S. The number of carbonyl (C=O) groups excluding carboxylic acids is 1. The molecule has 0 aliphatic carbocycles. The summed E-state index contributed by atoms with van der Waals surface area (Å²) in [6.45, 7) is 9.79.